The topological polar surface area (TPSA) is 83.5 Å². The number of carboxylic acid groups (broad SMARTS) is 1. The standard InChI is InChI=1S/C9H15NO4S/c11-9(12)7-15(13,14)10-6-5-8-3-1-2-4-8/h3,10H,1-2,4-7H2,(H,11,12). The molecular weight excluding hydrogens is 218 g/mol. The van der Waals surface area contributed by atoms with Crippen molar-refractivity contribution in [3.63, 3.8) is 0 Å². The van der Waals surface area contributed by atoms with E-state index in [9.17, 15) is 13.2 Å². The predicted octanol–water partition coefficient (Wildman–Crippen LogP) is 0.491. The molecule has 15 heavy (non-hydrogen) atoms. The maximum absolute atomic E-state index is 11.1. The van der Waals surface area contributed by atoms with Gasteiger partial charge in [0.15, 0.2) is 5.75 Å². The fourth-order valence-corrected chi connectivity index (χ4v) is 2.39. The van der Waals surface area contributed by atoms with Gasteiger partial charge < -0.3 is 5.11 Å². The Labute approximate surface area is 89.2 Å². The Balaban J connectivity index is 2.27. The first kappa shape index (κ1) is 12.2. The molecule has 0 radical (unpaired) electrons. The Morgan fingerprint density at radius 2 is 2.27 bits per heavy atom. The van der Waals surface area contributed by atoms with E-state index < -0.39 is 21.7 Å². The van der Waals surface area contributed by atoms with Crippen LogP contribution < -0.4 is 4.72 Å². The third-order valence-electron chi connectivity index (χ3n) is 2.22. The number of allylic oxidation sites excluding steroid dienone is 1. The smallest absolute Gasteiger partial charge is 0.320 e. The SMILES string of the molecule is O=C(O)CS(=O)(=O)NCCC1=CCCC1. The van der Waals surface area contributed by atoms with Crippen LogP contribution in [0.2, 0.25) is 0 Å². The van der Waals surface area contributed by atoms with Gasteiger partial charge in [0.25, 0.3) is 0 Å². The van der Waals surface area contributed by atoms with Crippen molar-refractivity contribution in [3.8, 4) is 0 Å². The fraction of sp³-hybridized carbons (Fsp3) is 0.667. The lowest BCUT2D eigenvalue weighted by atomic mass is 10.2. The zero-order chi connectivity index (χ0) is 11.3. The van der Waals surface area contributed by atoms with Gasteiger partial charge in [0.1, 0.15) is 0 Å². The van der Waals surface area contributed by atoms with Crippen molar-refractivity contribution in [1.82, 2.24) is 4.72 Å². The summed E-state index contributed by atoms with van der Waals surface area (Å²) in [5, 5.41) is 8.33. The van der Waals surface area contributed by atoms with Crippen LogP contribution in [0.1, 0.15) is 25.7 Å². The van der Waals surface area contributed by atoms with Crippen LogP contribution in [0, 0.1) is 0 Å². The van der Waals surface area contributed by atoms with Gasteiger partial charge in [-0.2, -0.15) is 0 Å². The summed E-state index contributed by atoms with van der Waals surface area (Å²) in [5.41, 5.74) is 1.26. The van der Waals surface area contributed by atoms with E-state index in [-0.39, 0.29) is 0 Å². The Hall–Kier alpha value is -0.880. The van der Waals surface area contributed by atoms with Crippen molar-refractivity contribution in [2.24, 2.45) is 0 Å². The van der Waals surface area contributed by atoms with Gasteiger partial charge in [-0.3, -0.25) is 4.79 Å². The zero-order valence-electron chi connectivity index (χ0n) is 8.40. The molecule has 86 valence electrons. The van der Waals surface area contributed by atoms with E-state index in [1.54, 1.807) is 0 Å². The number of aliphatic carboxylic acids is 1. The average molecular weight is 233 g/mol. The number of hydrogen-bond acceptors (Lipinski definition) is 3. The molecule has 0 amide bonds. The minimum atomic E-state index is -3.65. The summed E-state index contributed by atoms with van der Waals surface area (Å²) in [5.74, 6) is -2.19. The third-order valence-corrected chi connectivity index (χ3v) is 3.49. The second kappa shape index (κ2) is 5.27. The Morgan fingerprint density at radius 3 is 2.80 bits per heavy atom. The molecular formula is C9H15NO4S. The maximum atomic E-state index is 11.1. The van der Waals surface area contributed by atoms with Crippen molar-refractivity contribution in [2.45, 2.75) is 25.7 Å². The highest BCUT2D eigenvalue weighted by Crippen LogP contribution is 2.19. The molecule has 0 unspecified atom stereocenters. The first-order valence-corrected chi connectivity index (χ1v) is 6.52. The molecule has 0 aromatic heterocycles. The second-order valence-electron chi connectivity index (χ2n) is 3.55. The Kier molecular flexibility index (Phi) is 4.28. The highest BCUT2D eigenvalue weighted by Gasteiger charge is 2.15. The molecule has 5 nitrogen and oxygen atoms in total. The van der Waals surface area contributed by atoms with Crippen LogP contribution in [0.3, 0.4) is 0 Å². The second-order valence-corrected chi connectivity index (χ2v) is 5.36. The van der Waals surface area contributed by atoms with Crippen LogP contribution in [0.15, 0.2) is 11.6 Å². The zero-order valence-corrected chi connectivity index (χ0v) is 9.22. The summed E-state index contributed by atoms with van der Waals surface area (Å²) in [7, 11) is -3.65. The van der Waals surface area contributed by atoms with Gasteiger partial charge >= 0.3 is 5.97 Å². The van der Waals surface area contributed by atoms with Crippen molar-refractivity contribution in [3.05, 3.63) is 11.6 Å². The van der Waals surface area contributed by atoms with Crippen molar-refractivity contribution < 1.29 is 18.3 Å². The number of rotatable bonds is 6. The molecule has 0 spiro atoms. The van der Waals surface area contributed by atoms with E-state index in [1.165, 1.54) is 5.57 Å². The van der Waals surface area contributed by atoms with Crippen molar-refractivity contribution >= 4 is 16.0 Å². The normalized spacial score (nSPS) is 16.4. The van der Waals surface area contributed by atoms with Gasteiger partial charge in [-0.1, -0.05) is 11.6 Å². The molecule has 2 N–H and O–H groups in total. The molecule has 0 saturated heterocycles. The van der Waals surface area contributed by atoms with Crippen LogP contribution in [0.25, 0.3) is 0 Å². The van der Waals surface area contributed by atoms with Crippen molar-refractivity contribution in [2.75, 3.05) is 12.3 Å². The summed E-state index contributed by atoms with van der Waals surface area (Å²) in [4.78, 5) is 10.2. The first-order chi connectivity index (χ1) is 6.99. The van der Waals surface area contributed by atoms with E-state index in [1.807, 2.05) is 0 Å². The highest BCUT2D eigenvalue weighted by molar-refractivity contribution is 7.90. The lowest BCUT2D eigenvalue weighted by Crippen LogP contribution is -2.30. The molecule has 1 rings (SSSR count). The van der Waals surface area contributed by atoms with Crippen LogP contribution in [0.4, 0.5) is 0 Å². The van der Waals surface area contributed by atoms with E-state index in [0.29, 0.717) is 13.0 Å². The van der Waals surface area contributed by atoms with Crippen LogP contribution in [-0.4, -0.2) is 31.8 Å². The van der Waals surface area contributed by atoms with Gasteiger partial charge in [0.05, 0.1) is 0 Å². The molecule has 0 aliphatic heterocycles. The van der Waals surface area contributed by atoms with E-state index in [0.717, 1.165) is 19.3 Å². The highest BCUT2D eigenvalue weighted by atomic mass is 32.2. The van der Waals surface area contributed by atoms with Gasteiger partial charge in [0, 0.05) is 6.54 Å². The first-order valence-electron chi connectivity index (χ1n) is 4.87. The molecule has 0 saturated carbocycles. The number of hydrogen-bond donors (Lipinski definition) is 2. The van der Waals surface area contributed by atoms with Gasteiger partial charge in [-0.25, -0.2) is 13.1 Å². The third kappa shape index (κ3) is 4.94. The fourth-order valence-electron chi connectivity index (χ4n) is 1.55. The molecule has 6 heteroatoms. The number of nitrogens with one attached hydrogen (secondary N) is 1. The number of sulfonamides is 1. The van der Waals surface area contributed by atoms with Crippen LogP contribution in [0.5, 0.6) is 0 Å². The molecule has 0 heterocycles. The van der Waals surface area contributed by atoms with E-state index >= 15 is 0 Å². The Morgan fingerprint density at radius 1 is 1.53 bits per heavy atom. The largest absolute Gasteiger partial charge is 0.480 e. The summed E-state index contributed by atoms with van der Waals surface area (Å²) >= 11 is 0. The average Bonchev–Trinajstić information content (AvgIpc) is 2.53. The van der Waals surface area contributed by atoms with E-state index in [4.69, 9.17) is 5.11 Å². The monoisotopic (exact) mass is 233 g/mol. The number of carbonyl (C=O) groups is 1. The summed E-state index contributed by atoms with van der Waals surface area (Å²) in [6, 6.07) is 0. The summed E-state index contributed by atoms with van der Waals surface area (Å²) in [6.07, 6.45) is 6.03. The molecule has 0 fully saturated rings. The molecule has 0 atom stereocenters. The van der Waals surface area contributed by atoms with Crippen LogP contribution in [-0.2, 0) is 14.8 Å². The van der Waals surface area contributed by atoms with Gasteiger partial charge in [0.2, 0.25) is 10.0 Å². The minimum Gasteiger partial charge on any atom is -0.480 e. The predicted molar refractivity (Wildman–Crippen MR) is 56.0 cm³/mol. The lowest BCUT2D eigenvalue weighted by molar-refractivity contribution is -0.134. The van der Waals surface area contributed by atoms with E-state index in [2.05, 4.69) is 10.8 Å². The summed E-state index contributed by atoms with van der Waals surface area (Å²) in [6.45, 7) is 0.293. The maximum Gasteiger partial charge on any atom is 0.320 e. The molecule has 1 aliphatic rings. The van der Waals surface area contributed by atoms with Gasteiger partial charge in [-0.15, -0.1) is 0 Å². The van der Waals surface area contributed by atoms with Gasteiger partial charge in [-0.05, 0) is 25.7 Å². The molecule has 0 aromatic carbocycles. The summed E-state index contributed by atoms with van der Waals surface area (Å²) < 4.78 is 24.5. The minimum absolute atomic E-state index is 0.293. The molecule has 1 aliphatic carbocycles. The lowest BCUT2D eigenvalue weighted by Gasteiger charge is -2.04. The number of carboxylic acids is 1. The molecule has 0 aromatic rings. The van der Waals surface area contributed by atoms with Crippen LogP contribution >= 0.6 is 0 Å². The Bertz CT molecular complexity index is 358. The van der Waals surface area contributed by atoms with Crippen molar-refractivity contribution in [1.29, 1.82) is 0 Å². The molecule has 0 bridgehead atoms. The quantitative estimate of drug-likeness (QED) is 0.654.